The maximum atomic E-state index is 14.0. The highest BCUT2D eigenvalue weighted by atomic mass is 16.5. The van der Waals surface area contributed by atoms with Crippen molar-refractivity contribution in [2.45, 2.75) is 71.1 Å². The summed E-state index contributed by atoms with van der Waals surface area (Å²) in [6.45, 7) is 7.27. The van der Waals surface area contributed by atoms with Crippen LogP contribution < -0.4 is 4.74 Å². The van der Waals surface area contributed by atoms with E-state index in [0.29, 0.717) is 30.2 Å². The normalized spacial score (nSPS) is 19.2. The molecule has 0 bridgehead atoms. The number of rotatable bonds is 6. The molecule has 2 atom stereocenters. The van der Waals surface area contributed by atoms with Gasteiger partial charge in [0.25, 0.3) is 5.91 Å². The first-order valence-electron chi connectivity index (χ1n) is 13.1. The van der Waals surface area contributed by atoms with Crippen LogP contribution >= 0.6 is 0 Å². The number of nitrogens with zero attached hydrogens (tertiary/aromatic N) is 4. The third-order valence-corrected chi connectivity index (χ3v) is 8.23. The molecule has 5 rings (SSSR count). The molecule has 7 nitrogen and oxygen atoms in total. The van der Waals surface area contributed by atoms with Crippen molar-refractivity contribution in [3.63, 3.8) is 0 Å². The monoisotopic (exact) mass is 498 g/mol. The number of methoxy groups -OCH3 is 1. The minimum Gasteiger partial charge on any atom is -0.496 e. The molecule has 0 saturated carbocycles. The summed E-state index contributed by atoms with van der Waals surface area (Å²) in [5, 5.41) is 20.2. The first kappa shape index (κ1) is 25.0. The van der Waals surface area contributed by atoms with Crippen LogP contribution in [0.1, 0.15) is 67.3 Å². The van der Waals surface area contributed by atoms with E-state index in [1.165, 1.54) is 5.56 Å². The van der Waals surface area contributed by atoms with Crippen molar-refractivity contribution in [1.29, 1.82) is 5.26 Å². The Morgan fingerprint density at radius 3 is 2.78 bits per heavy atom. The maximum Gasteiger partial charge on any atom is 0.271 e. The molecule has 1 fully saturated rings. The minimum absolute atomic E-state index is 0.0132. The van der Waals surface area contributed by atoms with Crippen LogP contribution in [0, 0.1) is 11.3 Å². The number of benzene rings is 1. The van der Waals surface area contributed by atoms with E-state index in [9.17, 15) is 15.2 Å². The molecule has 4 heterocycles. The van der Waals surface area contributed by atoms with Crippen LogP contribution in [0.4, 0.5) is 0 Å². The summed E-state index contributed by atoms with van der Waals surface area (Å²) in [6.07, 6.45) is 5.28. The van der Waals surface area contributed by atoms with Crippen molar-refractivity contribution in [3.05, 3.63) is 59.0 Å². The van der Waals surface area contributed by atoms with Crippen LogP contribution in [0.25, 0.3) is 22.4 Å². The summed E-state index contributed by atoms with van der Waals surface area (Å²) in [4.78, 5) is 20.1. The molecule has 2 aliphatic rings. The molecule has 1 aromatic carbocycles. The predicted molar refractivity (Wildman–Crippen MR) is 142 cm³/mol. The van der Waals surface area contributed by atoms with E-state index >= 15 is 0 Å². The SMILES string of the molecule is CCCc1cc(C(=O)N2CCC[C@]2(C)[C@@H](C)O)n2c1-c1cc(-c3cccnc3C#N)c(OC)cc1CC2. The first-order chi connectivity index (χ1) is 17.8. The smallest absolute Gasteiger partial charge is 0.271 e. The molecule has 192 valence electrons. The van der Waals surface area contributed by atoms with E-state index < -0.39 is 11.6 Å². The topological polar surface area (TPSA) is 91.4 Å². The van der Waals surface area contributed by atoms with Crippen molar-refractivity contribution in [1.82, 2.24) is 14.5 Å². The number of aliphatic hydroxyl groups is 1. The number of amides is 1. The van der Waals surface area contributed by atoms with Crippen LogP contribution in [0.2, 0.25) is 0 Å². The molecular weight excluding hydrogens is 464 g/mol. The van der Waals surface area contributed by atoms with Crippen molar-refractivity contribution in [2.75, 3.05) is 13.7 Å². The van der Waals surface area contributed by atoms with Crippen molar-refractivity contribution in [3.8, 4) is 34.2 Å². The molecule has 2 aromatic heterocycles. The number of pyridine rings is 1. The van der Waals surface area contributed by atoms with Gasteiger partial charge in [-0.05, 0) is 81.0 Å². The zero-order chi connectivity index (χ0) is 26.3. The fraction of sp³-hybridized carbons (Fsp3) is 0.433. The average molecular weight is 499 g/mol. The van der Waals surface area contributed by atoms with Gasteiger partial charge in [0, 0.05) is 36.0 Å². The summed E-state index contributed by atoms with van der Waals surface area (Å²) in [7, 11) is 1.65. The van der Waals surface area contributed by atoms with Gasteiger partial charge in [-0.2, -0.15) is 5.26 Å². The van der Waals surface area contributed by atoms with E-state index in [-0.39, 0.29) is 5.91 Å². The molecule has 0 spiro atoms. The predicted octanol–water partition coefficient (Wildman–Crippen LogP) is 4.98. The lowest BCUT2D eigenvalue weighted by Crippen LogP contribution is -2.52. The van der Waals surface area contributed by atoms with Gasteiger partial charge in [0.05, 0.1) is 24.4 Å². The molecule has 1 saturated heterocycles. The van der Waals surface area contributed by atoms with Gasteiger partial charge in [0.15, 0.2) is 0 Å². The molecule has 2 aliphatic heterocycles. The third-order valence-electron chi connectivity index (χ3n) is 8.23. The summed E-state index contributed by atoms with van der Waals surface area (Å²) in [6, 6.07) is 12.1. The Bertz CT molecular complexity index is 1400. The number of carbonyl (C=O) groups is 1. The van der Waals surface area contributed by atoms with Gasteiger partial charge in [-0.3, -0.25) is 4.79 Å². The Morgan fingerprint density at radius 2 is 2.08 bits per heavy atom. The number of hydrogen-bond donors (Lipinski definition) is 1. The Balaban J connectivity index is 1.68. The average Bonchev–Trinajstić information content (AvgIpc) is 3.49. The number of carbonyl (C=O) groups excluding carboxylic acids is 1. The zero-order valence-electron chi connectivity index (χ0n) is 22.0. The molecule has 7 heteroatoms. The van der Waals surface area contributed by atoms with Gasteiger partial charge < -0.3 is 19.3 Å². The van der Waals surface area contributed by atoms with Crippen LogP contribution in [-0.4, -0.2) is 50.8 Å². The highest BCUT2D eigenvalue weighted by Crippen LogP contribution is 2.43. The Hall–Kier alpha value is -3.63. The molecule has 1 N–H and O–H groups in total. The standard InChI is InChI=1S/C30H34N4O3/c1-5-8-21-15-26(29(36)34-13-7-11-30(34,3)19(2)35)33-14-10-20-16-27(37-4)24(17-23(20)28(21)33)22-9-6-12-32-25(22)18-31/h6,9,12,15-17,19,35H,5,7-8,10-11,13-14H2,1-4H3/t19-,30-/m1/s1. The largest absolute Gasteiger partial charge is 0.496 e. The third kappa shape index (κ3) is 4.00. The highest BCUT2D eigenvalue weighted by molar-refractivity contribution is 5.96. The number of aromatic nitrogens is 2. The number of fused-ring (bicyclic) bond motifs is 3. The fourth-order valence-corrected chi connectivity index (χ4v) is 6.06. The molecule has 37 heavy (non-hydrogen) atoms. The lowest BCUT2D eigenvalue weighted by molar-refractivity contribution is 0.0145. The van der Waals surface area contributed by atoms with E-state index in [0.717, 1.165) is 60.1 Å². The Kier molecular flexibility index (Phi) is 6.55. The molecule has 0 aliphatic carbocycles. The van der Waals surface area contributed by atoms with Gasteiger partial charge in [0.2, 0.25) is 0 Å². The lowest BCUT2D eigenvalue weighted by Gasteiger charge is -2.38. The zero-order valence-corrected chi connectivity index (χ0v) is 22.0. The number of hydrogen-bond acceptors (Lipinski definition) is 5. The van der Waals surface area contributed by atoms with Gasteiger partial charge >= 0.3 is 0 Å². The molecule has 0 unspecified atom stereocenters. The van der Waals surface area contributed by atoms with Crippen molar-refractivity contribution >= 4 is 5.91 Å². The maximum absolute atomic E-state index is 14.0. The summed E-state index contributed by atoms with van der Waals surface area (Å²) in [5.41, 5.74) is 6.47. The molecule has 0 radical (unpaired) electrons. The Morgan fingerprint density at radius 1 is 1.27 bits per heavy atom. The van der Waals surface area contributed by atoms with Crippen LogP contribution in [0.3, 0.4) is 0 Å². The van der Waals surface area contributed by atoms with E-state index in [1.54, 1.807) is 20.2 Å². The summed E-state index contributed by atoms with van der Waals surface area (Å²) in [5.74, 6) is 0.696. The molecular formula is C30H34N4O3. The molecule has 3 aromatic rings. The second kappa shape index (κ2) is 9.68. The minimum atomic E-state index is -0.602. The lowest BCUT2D eigenvalue weighted by atomic mass is 9.90. The summed E-state index contributed by atoms with van der Waals surface area (Å²) < 4.78 is 7.93. The Labute approximate surface area is 218 Å². The van der Waals surface area contributed by atoms with Crippen molar-refractivity contribution in [2.24, 2.45) is 0 Å². The van der Waals surface area contributed by atoms with E-state index in [1.807, 2.05) is 24.0 Å². The fourth-order valence-electron chi connectivity index (χ4n) is 6.06. The van der Waals surface area contributed by atoms with Crippen molar-refractivity contribution < 1.29 is 14.6 Å². The number of nitriles is 1. The van der Waals surface area contributed by atoms with Crippen LogP contribution in [0.5, 0.6) is 5.75 Å². The first-order valence-corrected chi connectivity index (χ1v) is 13.1. The number of aliphatic hydroxyl groups excluding tert-OH is 1. The number of likely N-dealkylation sites (tertiary alicyclic amines) is 1. The van der Waals surface area contributed by atoms with Crippen LogP contribution in [-0.2, 0) is 19.4 Å². The van der Waals surface area contributed by atoms with Gasteiger partial charge in [-0.25, -0.2) is 4.98 Å². The quantitative estimate of drug-likeness (QED) is 0.517. The highest BCUT2D eigenvalue weighted by Gasteiger charge is 2.44. The van der Waals surface area contributed by atoms with Gasteiger partial charge in [-0.1, -0.05) is 13.3 Å². The van der Waals surface area contributed by atoms with E-state index in [4.69, 9.17) is 4.74 Å². The van der Waals surface area contributed by atoms with Gasteiger partial charge in [-0.15, -0.1) is 0 Å². The second-order valence-electron chi connectivity index (χ2n) is 10.4. The number of aryl methyl sites for hydroxylation is 2. The molecule has 1 amide bonds. The van der Waals surface area contributed by atoms with E-state index in [2.05, 4.69) is 40.7 Å². The van der Waals surface area contributed by atoms with Crippen LogP contribution in [0.15, 0.2) is 36.5 Å². The van der Waals surface area contributed by atoms with Gasteiger partial charge in [0.1, 0.15) is 23.2 Å². The number of ether oxygens (including phenoxy) is 1. The summed E-state index contributed by atoms with van der Waals surface area (Å²) >= 11 is 0. The second-order valence-corrected chi connectivity index (χ2v) is 10.4.